The molecule has 0 radical (unpaired) electrons. The van der Waals surface area contributed by atoms with Gasteiger partial charge in [-0.2, -0.15) is 0 Å². The molecule has 28 heavy (non-hydrogen) atoms. The fourth-order valence-corrected chi connectivity index (χ4v) is 2.82. The fraction of sp³-hybridized carbons (Fsp3) is 0.238. The summed E-state index contributed by atoms with van der Waals surface area (Å²) in [7, 11) is 0. The molecule has 7 heteroatoms. The molecule has 0 unspecified atom stereocenters. The Labute approximate surface area is 162 Å². The van der Waals surface area contributed by atoms with E-state index in [1.807, 2.05) is 30.3 Å². The molecule has 3 aromatic rings. The predicted molar refractivity (Wildman–Crippen MR) is 106 cm³/mol. The zero-order valence-electron chi connectivity index (χ0n) is 15.6. The van der Waals surface area contributed by atoms with Gasteiger partial charge in [-0.25, -0.2) is 4.98 Å². The highest BCUT2D eigenvalue weighted by Crippen LogP contribution is 2.15. The molecule has 0 fully saturated rings. The van der Waals surface area contributed by atoms with Crippen LogP contribution in [0.4, 0.5) is 5.69 Å². The maximum Gasteiger partial charge on any atom is 0.326 e. The summed E-state index contributed by atoms with van der Waals surface area (Å²) in [5, 5.41) is 3.13. The SMILES string of the molecule is CCOC(=O)Cn1cnc2ccc(NC(=O)CCc3ccccc3)cc2c1=O. The molecule has 1 aromatic heterocycles. The minimum atomic E-state index is -0.504. The summed E-state index contributed by atoms with van der Waals surface area (Å²) in [4.78, 5) is 40.7. The van der Waals surface area contributed by atoms with Gasteiger partial charge in [-0.05, 0) is 37.1 Å². The van der Waals surface area contributed by atoms with Crippen molar-refractivity contribution in [3.63, 3.8) is 0 Å². The molecule has 3 rings (SSSR count). The topological polar surface area (TPSA) is 90.3 Å². The van der Waals surface area contributed by atoms with Crippen molar-refractivity contribution in [1.82, 2.24) is 9.55 Å². The van der Waals surface area contributed by atoms with Crippen LogP contribution in [0.1, 0.15) is 18.9 Å². The van der Waals surface area contributed by atoms with Crippen LogP contribution in [0.15, 0.2) is 59.7 Å². The second-order valence-corrected chi connectivity index (χ2v) is 6.25. The number of anilines is 1. The monoisotopic (exact) mass is 379 g/mol. The summed E-state index contributed by atoms with van der Waals surface area (Å²) in [6.07, 6.45) is 2.29. The minimum Gasteiger partial charge on any atom is -0.465 e. The van der Waals surface area contributed by atoms with Gasteiger partial charge in [-0.1, -0.05) is 30.3 Å². The average Bonchev–Trinajstić information content (AvgIpc) is 2.70. The summed E-state index contributed by atoms with van der Waals surface area (Å²) in [6.45, 7) is 1.74. The largest absolute Gasteiger partial charge is 0.465 e. The van der Waals surface area contributed by atoms with Gasteiger partial charge in [0.15, 0.2) is 0 Å². The van der Waals surface area contributed by atoms with E-state index in [9.17, 15) is 14.4 Å². The number of carbonyl (C=O) groups excluding carboxylic acids is 2. The van der Waals surface area contributed by atoms with Crippen molar-refractivity contribution in [1.29, 1.82) is 0 Å². The first kappa shape index (κ1) is 19.3. The van der Waals surface area contributed by atoms with Gasteiger partial charge in [0, 0.05) is 12.1 Å². The number of carbonyl (C=O) groups is 2. The highest BCUT2D eigenvalue weighted by atomic mass is 16.5. The summed E-state index contributed by atoms with van der Waals surface area (Å²) in [5.74, 6) is -0.643. The van der Waals surface area contributed by atoms with Crippen molar-refractivity contribution in [2.24, 2.45) is 0 Å². The minimum absolute atomic E-state index is 0.140. The Balaban J connectivity index is 1.73. The lowest BCUT2D eigenvalue weighted by atomic mass is 10.1. The Morgan fingerprint density at radius 3 is 2.68 bits per heavy atom. The lowest BCUT2D eigenvalue weighted by molar-refractivity contribution is -0.143. The van der Waals surface area contributed by atoms with Crippen LogP contribution in [0.2, 0.25) is 0 Å². The number of benzene rings is 2. The van der Waals surface area contributed by atoms with E-state index in [1.54, 1.807) is 25.1 Å². The van der Waals surface area contributed by atoms with Crippen LogP contribution in [0.3, 0.4) is 0 Å². The van der Waals surface area contributed by atoms with Crippen LogP contribution >= 0.6 is 0 Å². The predicted octanol–water partition coefficient (Wildman–Crippen LogP) is 2.53. The van der Waals surface area contributed by atoms with Crippen LogP contribution in [0, 0.1) is 0 Å². The molecule has 2 aromatic carbocycles. The molecular formula is C21H21N3O4. The third-order valence-electron chi connectivity index (χ3n) is 4.20. The molecule has 1 amide bonds. The molecule has 1 N–H and O–H groups in total. The summed E-state index contributed by atoms with van der Waals surface area (Å²) >= 11 is 0. The number of hydrogen-bond acceptors (Lipinski definition) is 5. The molecule has 0 spiro atoms. The van der Waals surface area contributed by atoms with Crippen LogP contribution < -0.4 is 10.9 Å². The van der Waals surface area contributed by atoms with Crippen LogP contribution in [0.25, 0.3) is 10.9 Å². The molecule has 0 saturated heterocycles. The Morgan fingerprint density at radius 1 is 1.14 bits per heavy atom. The zero-order valence-corrected chi connectivity index (χ0v) is 15.6. The van der Waals surface area contributed by atoms with E-state index >= 15 is 0 Å². The summed E-state index contributed by atoms with van der Waals surface area (Å²) < 4.78 is 6.06. The number of fused-ring (bicyclic) bond motifs is 1. The molecule has 144 valence electrons. The molecule has 0 atom stereocenters. The highest BCUT2D eigenvalue weighted by Gasteiger charge is 2.10. The Bertz CT molecular complexity index is 1040. The number of rotatable bonds is 7. The van der Waals surface area contributed by atoms with Gasteiger partial charge in [0.2, 0.25) is 5.91 Å². The smallest absolute Gasteiger partial charge is 0.326 e. The molecule has 0 aliphatic carbocycles. The second kappa shape index (κ2) is 8.94. The van der Waals surface area contributed by atoms with Crippen molar-refractivity contribution in [2.45, 2.75) is 26.3 Å². The van der Waals surface area contributed by atoms with E-state index in [0.717, 1.165) is 5.56 Å². The zero-order chi connectivity index (χ0) is 19.9. The Morgan fingerprint density at radius 2 is 1.93 bits per heavy atom. The van der Waals surface area contributed by atoms with Gasteiger partial charge >= 0.3 is 5.97 Å². The number of ether oxygens (including phenoxy) is 1. The maximum absolute atomic E-state index is 12.6. The molecule has 7 nitrogen and oxygen atoms in total. The molecule has 1 heterocycles. The molecule has 0 aliphatic heterocycles. The average molecular weight is 379 g/mol. The van der Waals surface area contributed by atoms with Crippen molar-refractivity contribution >= 4 is 28.5 Å². The number of esters is 1. The van der Waals surface area contributed by atoms with Gasteiger partial charge < -0.3 is 10.1 Å². The summed E-state index contributed by atoms with van der Waals surface area (Å²) in [6, 6.07) is 14.7. The number of hydrogen-bond donors (Lipinski definition) is 1. The lowest BCUT2D eigenvalue weighted by Gasteiger charge is -2.09. The van der Waals surface area contributed by atoms with Gasteiger partial charge in [0.25, 0.3) is 5.56 Å². The number of aryl methyl sites for hydroxylation is 1. The first-order valence-corrected chi connectivity index (χ1v) is 9.05. The van der Waals surface area contributed by atoms with E-state index in [0.29, 0.717) is 29.4 Å². The second-order valence-electron chi connectivity index (χ2n) is 6.25. The standard InChI is InChI=1S/C21H21N3O4/c1-2-28-20(26)13-24-14-22-18-10-9-16(12-17(18)21(24)27)23-19(25)11-8-15-6-4-3-5-7-15/h3-7,9-10,12,14H,2,8,11,13H2,1H3,(H,23,25). The number of nitrogens with one attached hydrogen (secondary N) is 1. The number of nitrogens with zero attached hydrogens (tertiary/aromatic N) is 2. The van der Waals surface area contributed by atoms with Crippen LogP contribution in [-0.2, 0) is 27.3 Å². The number of aromatic nitrogens is 2. The van der Waals surface area contributed by atoms with Crippen LogP contribution in [-0.4, -0.2) is 28.0 Å². The van der Waals surface area contributed by atoms with E-state index in [2.05, 4.69) is 10.3 Å². The Hall–Kier alpha value is -3.48. The van der Waals surface area contributed by atoms with E-state index in [1.165, 1.54) is 10.9 Å². The van der Waals surface area contributed by atoms with Gasteiger partial charge in [0.05, 0.1) is 23.8 Å². The first-order valence-electron chi connectivity index (χ1n) is 9.05. The van der Waals surface area contributed by atoms with Crippen molar-refractivity contribution < 1.29 is 14.3 Å². The highest BCUT2D eigenvalue weighted by molar-refractivity contribution is 5.93. The quantitative estimate of drug-likeness (QED) is 0.637. The van der Waals surface area contributed by atoms with E-state index < -0.39 is 5.97 Å². The van der Waals surface area contributed by atoms with Crippen LogP contribution in [0.5, 0.6) is 0 Å². The van der Waals surface area contributed by atoms with E-state index in [4.69, 9.17) is 4.74 Å². The molecule has 0 saturated carbocycles. The van der Waals surface area contributed by atoms with Gasteiger partial charge in [-0.15, -0.1) is 0 Å². The normalized spacial score (nSPS) is 10.6. The van der Waals surface area contributed by atoms with Crippen molar-refractivity contribution in [3.05, 3.63) is 70.8 Å². The Kier molecular flexibility index (Phi) is 6.16. The molecule has 0 aliphatic rings. The fourth-order valence-electron chi connectivity index (χ4n) is 2.82. The van der Waals surface area contributed by atoms with Gasteiger partial charge in [0.1, 0.15) is 6.54 Å². The van der Waals surface area contributed by atoms with Crippen molar-refractivity contribution in [3.8, 4) is 0 Å². The summed E-state index contributed by atoms with van der Waals surface area (Å²) in [5.41, 5.74) is 1.73. The third-order valence-corrected chi connectivity index (χ3v) is 4.20. The van der Waals surface area contributed by atoms with Crippen molar-refractivity contribution in [2.75, 3.05) is 11.9 Å². The lowest BCUT2D eigenvalue weighted by Crippen LogP contribution is -2.25. The third kappa shape index (κ3) is 4.82. The maximum atomic E-state index is 12.6. The molecule has 0 bridgehead atoms. The first-order chi connectivity index (χ1) is 13.6. The van der Waals surface area contributed by atoms with E-state index in [-0.39, 0.29) is 24.6 Å². The number of amides is 1. The van der Waals surface area contributed by atoms with Gasteiger partial charge in [-0.3, -0.25) is 19.0 Å². The molecular weight excluding hydrogens is 358 g/mol.